The van der Waals surface area contributed by atoms with Gasteiger partial charge in [-0.15, -0.1) is 0 Å². The summed E-state index contributed by atoms with van der Waals surface area (Å²) in [5, 5.41) is 8.71. The van der Waals surface area contributed by atoms with Crippen LogP contribution in [0.4, 0.5) is 18.9 Å². The summed E-state index contributed by atoms with van der Waals surface area (Å²) in [6, 6.07) is 6.49. The summed E-state index contributed by atoms with van der Waals surface area (Å²) in [6.07, 6.45) is -4.72. The van der Waals surface area contributed by atoms with E-state index in [4.69, 9.17) is 15.6 Å². The van der Waals surface area contributed by atoms with Crippen molar-refractivity contribution in [3.63, 3.8) is 0 Å². The second kappa shape index (κ2) is 7.72. The van der Waals surface area contributed by atoms with Crippen molar-refractivity contribution in [2.45, 2.75) is 12.6 Å². The Kier molecular flexibility index (Phi) is 6.29. The number of hydrogen-bond acceptors (Lipinski definition) is 4. The summed E-state index contributed by atoms with van der Waals surface area (Å²) >= 11 is 0. The van der Waals surface area contributed by atoms with Crippen LogP contribution in [0.1, 0.15) is 6.42 Å². The number of nitrogens with two attached hydrogens (primary N) is 1. The molecule has 8 heteroatoms. The molecule has 118 valence electrons. The second-order valence-corrected chi connectivity index (χ2v) is 4.33. The lowest BCUT2D eigenvalue weighted by Gasteiger charge is -2.23. The Morgan fingerprint density at radius 2 is 2.10 bits per heavy atom. The van der Waals surface area contributed by atoms with E-state index in [1.807, 2.05) is 0 Å². The van der Waals surface area contributed by atoms with Crippen LogP contribution in [0.2, 0.25) is 0 Å². The number of nitrogen functional groups attached to an aromatic ring is 1. The van der Waals surface area contributed by atoms with E-state index in [1.54, 1.807) is 24.3 Å². The van der Waals surface area contributed by atoms with Gasteiger partial charge in [0.1, 0.15) is 12.3 Å². The number of rotatable bonds is 7. The number of nitrogens with zero attached hydrogens (tertiary/aromatic N) is 1. The average molecular weight is 306 g/mol. The Bertz CT molecular complexity index is 466. The van der Waals surface area contributed by atoms with Gasteiger partial charge in [-0.1, -0.05) is 6.07 Å². The number of aliphatic hydroxyl groups excluding tert-OH is 1. The van der Waals surface area contributed by atoms with Crippen molar-refractivity contribution in [2.24, 2.45) is 0 Å². The number of amides is 1. The van der Waals surface area contributed by atoms with Gasteiger partial charge in [-0.3, -0.25) is 4.79 Å². The van der Waals surface area contributed by atoms with Crippen molar-refractivity contribution in [1.29, 1.82) is 0 Å². The highest BCUT2D eigenvalue weighted by molar-refractivity contribution is 5.76. The zero-order valence-corrected chi connectivity index (χ0v) is 11.3. The molecule has 0 saturated carbocycles. The van der Waals surface area contributed by atoms with E-state index in [9.17, 15) is 18.0 Å². The van der Waals surface area contributed by atoms with Crippen LogP contribution in [0.15, 0.2) is 24.3 Å². The first-order valence-corrected chi connectivity index (χ1v) is 6.25. The third-order valence-electron chi connectivity index (χ3n) is 2.54. The van der Waals surface area contributed by atoms with Gasteiger partial charge < -0.3 is 20.5 Å². The average Bonchev–Trinajstić information content (AvgIpc) is 2.36. The molecule has 0 atom stereocenters. The number of hydrogen-bond donors (Lipinski definition) is 2. The van der Waals surface area contributed by atoms with Crippen molar-refractivity contribution in [1.82, 2.24) is 4.90 Å². The summed E-state index contributed by atoms with van der Waals surface area (Å²) in [4.78, 5) is 12.2. The molecule has 0 fully saturated rings. The molecule has 1 rings (SSSR count). The summed E-state index contributed by atoms with van der Waals surface area (Å²) in [5.41, 5.74) is 6.02. The molecule has 0 aliphatic rings. The lowest BCUT2D eigenvalue weighted by atomic mass is 10.3. The standard InChI is InChI=1S/C13H17F3N2O3/c14-13(15,16)9-18(5-6-19)12(20)4-7-21-11-3-1-2-10(17)8-11/h1-3,8,19H,4-7,9,17H2. The van der Waals surface area contributed by atoms with Gasteiger partial charge in [-0.25, -0.2) is 0 Å². The summed E-state index contributed by atoms with van der Waals surface area (Å²) < 4.78 is 42.1. The number of alkyl halides is 3. The summed E-state index contributed by atoms with van der Waals surface area (Å²) in [7, 11) is 0. The van der Waals surface area contributed by atoms with Crippen molar-refractivity contribution in [3.8, 4) is 5.75 Å². The molecule has 21 heavy (non-hydrogen) atoms. The minimum absolute atomic E-state index is 0.0674. The number of carbonyl (C=O) groups excluding carboxylic acids is 1. The van der Waals surface area contributed by atoms with Gasteiger partial charge in [0.2, 0.25) is 5.91 Å². The first-order chi connectivity index (χ1) is 9.81. The zero-order chi connectivity index (χ0) is 15.9. The van der Waals surface area contributed by atoms with E-state index >= 15 is 0 Å². The fourth-order valence-corrected chi connectivity index (χ4v) is 1.65. The Morgan fingerprint density at radius 3 is 2.67 bits per heavy atom. The van der Waals surface area contributed by atoms with Crippen LogP contribution in [0.25, 0.3) is 0 Å². The topological polar surface area (TPSA) is 75.8 Å². The quantitative estimate of drug-likeness (QED) is 0.747. The molecule has 0 saturated heterocycles. The largest absolute Gasteiger partial charge is 0.493 e. The van der Waals surface area contributed by atoms with Gasteiger partial charge in [0.05, 0.1) is 19.6 Å². The van der Waals surface area contributed by atoms with Gasteiger partial charge in [-0.05, 0) is 12.1 Å². The zero-order valence-electron chi connectivity index (χ0n) is 11.3. The molecular formula is C13H17F3N2O3. The molecule has 0 radical (unpaired) electrons. The number of halogens is 3. The van der Waals surface area contributed by atoms with Crippen LogP contribution in [0, 0.1) is 0 Å². The molecule has 0 heterocycles. The monoisotopic (exact) mass is 306 g/mol. The predicted octanol–water partition coefficient (Wildman–Crippen LogP) is 1.42. The lowest BCUT2D eigenvalue weighted by molar-refractivity contribution is -0.162. The van der Waals surface area contributed by atoms with E-state index in [0.717, 1.165) is 0 Å². The van der Waals surface area contributed by atoms with E-state index in [0.29, 0.717) is 16.3 Å². The number of aliphatic hydroxyl groups is 1. The van der Waals surface area contributed by atoms with Crippen LogP contribution in [0.5, 0.6) is 5.75 Å². The van der Waals surface area contributed by atoms with E-state index in [-0.39, 0.29) is 19.6 Å². The Balaban J connectivity index is 2.46. The third kappa shape index (κ3) is 6.84. The van der Waals surface area contributed by atoms with E-state index < -0.39 is 25.2 Å². The van der Waals surface area contributed by atoms with Crippen LogP contribution < -0.4 is 10.5 Å². The van der Waals surface area contributed by atoms with Crippen molar-refractivity contribution in [2.75, 3.05) is 32.0 Å². The summed E-state index contributed by atoms with van der Waals surface area (Å²) in [5.74, 6) is -0.294. The molecule has 0 spiro atoms. The highest BCUT2D eigenvalue weighted by Crippen LogP contribution is 2.17. The van der Waals surface area contributed by atoms with Gasteiger partial charge in [-0.2, -0.15) is 13.2 Å². The SMILES string of the molecule is Nc1cccc(OCCC(=O)N(CCO)CC(F)(F)F)c1. The molecule has 0 aliphatic heterocycles. The minimum Gasteiger partial charge on any atom is -0.493 e. The maximum absolute atomic E-state index is 12.3. The van der Waals surface area contributed by atoms with Crippen LogP contribution in [-0.2, 0) is 4.79 Å². The molecule has 0 bridgehead atoms. The van der Waals surface area contributed by atoms with Crippen molar-refractivity contribution >= 4 is 11.6 Å². The minimum atomic E-state index is -4.50. The van der Waals surface area contributed by atoms with Crippen LogP contribution in [-0.4, -0.2) is 48.4 Å². The molecule has 0 unspecified atom stereocenters. The first-order valence-electron chi connectivity index (χ1n) is 6.25. The van der Waals surface area contributed by atoms with Crippen LogP contribution >= 0.6 is 0 Å². The smallest absolute Gasteiger partial charge is 0.406 e. The highest BCUT2D eigenvalue weighted by Gasteiger charge is 2.32. The van der Waals surface area contributed by atoms with Gasteiger partial charge in [0, 0.05) is 18.3 Å². The normalized spacial score (nSPS) is 11.2. The van der Waals surface area contributed by atoms with Gasteiger partial charge in [0.15, 0.2) is 0 Å². The maximum Gasteiger partial charge on any atom is 0.406 e. The third-order valence-corrected chi connectivity index (χ3v) is 2.54. The predicted molar refractivity (Wildman–Crippen MR) is 70.7 cm³/mol. The molecule has 1 aromatic rings. The number of benzene rings is 1. The molecule has 0 aromatic heterocycles. The van der Waals surface area contributed by atoms with E-state index in [1.165, 1.54) is 0 Å². The second-order valence-electron chi connectivity index (χ2n) is 4.33. The first kappa shape index (κ1) is 17.1. The lowest BCUT2D eigenvalue weighted by Crippen LogP contribution is -2.41. The molecule has 5 nitrogen and oxygen atoms in total. The fraction of sp³-hybridized carbons (Fsp3) is 0.462. The Hall–Kier alpha value is -1.96. The maximum atomic E-state index is 12.3. The van der Waals surface area contributed by atoms with E-state index in [2.05, 4.69) is 0 Å². The highest BCUT2D eigenvalue weighted by atomic mass is 19.4. The molecule has 1 aromatic carbocycles. The van der Waals surface area contributed by atoms with Crippen molar-refractivity contribution in [3.05, 3.63) is 24.3 Å². The van der Waals surface area contributed by atoms with Gasteiger partial charge >= 0.3 is 6.18 Å². The number of carbonyl (C=O) groups is 1. The fourth-order valence-electron chi connectivity index (χ4n) is 1.65. The number of anilines is 1. The molecular weight excluding hydrogens is 289 g/mol. The van der Waals surface area contributed by atoms with Crippen LogP contribution in [0.3, 0.4) is 0 Å². The van der Waals surface area contributed by atoms with Crippen molar-refractivity contribution < 1.29 is 27.8 Å². The summed E-state index contributed by atoms with van der Waals surface area (Å²) in [6.45, 7) is -2.35. The van der Waals surface area contributed by atoms with Gasteiger partial charge in [0.25, 0.3) is 0 Å². The molecule has 0 aliphatic carbocycles. The molecule has 3 N–H and O–H groups in total. The molecule has 1 amide bonds. The number of ether oxygens (including phenoxy) is 1. The Morgan fingerprint density at radius 1 is 1.38 bits per heavy atom. The Labute approximate surface area is 120 Å².